The molecule has 1 atom stereocenters. The lowest BCUT2D eigenvalue weighted by atomic mass is 10.0. The number of hydrogen-bond acceptors (Lipinski definition) is 8. The van der Waals surface area contributed by atoms with Gasteiger partial charge in [-0.2, -0.15) is 0 Å². The molecule has 0 bridgehead atoms. The van der Waals surface area contributed by atoms with Crippen LogP contribution in [-0.2, 0) is 23.9 Å². The van der Waals surface area contributed by atoms with Gasteiger partial charge in [0.15, 0.2) is 0 Å². The fraction of sp³-hybridized carbons (Fsp3) is 0.619. The number of carbonyl (C=O) groups excluding carboxylic acids is 4. The van der Waals surface area contributed by atoms with E-state index in [-0.39, 0.29) is 32.2 Å². The molecule has 1 aliphatic heterocycles. The Bertz CT molecular complexity index is 640. The van der Waals surface area contributed by atoms with Crippen molar-refractivity contribution in [2.24, 2.45) is 5.92 Å². The maximum atomic E-state index is 11.8. The number of aliphatic hydroxyl groups excluding tert-OH is 2. The van der Waals surface area contributed by atoms with Gasteiger partial charge in [0.05, 0.1) is 19.8 Å². The molecule has 1 fully saturated rings. The predicted molar refractivity (Wildman–Crippen MR) is 113 cm³/mol. The molecule has 0 aromatic carbocycles. The maximum absolute atomic E-state index is 11.8. The third kappa shape index (κ3) is 8.50. The zero-order valence-corrected chi connectivity index (χ0v) is 18.7. The first-order chi connectivity index (χ1) is 14.5. The first-order valence-electron chi connectivity index (χ1n) is 10.0. The number of carbonyl (C=O) groups is 4. The van der Waals surface area contributed by atoms with Gasteiger partial charge in [0.25, 0.3) is 5.91 Å². The molecule has 0 radical (unpaired) electrons. The lowest BCUT2D eigenvalue weighted by molar-refractivity contribution is -0.183. The van der Waals surface area contributed by atoms with Crippen molar-refractivity contribution in [3.05, 3.63) is 25.3 Å². The van der Waals surface area contributed by atoms with Gasteiger partial charge in [0, 0.05) is 25.1 Å². The van der Waals surface area contributed by atoms with E-state index >= 15 is 0 Å². The van der Waals surface area contributed by atoms with Crippen LogP contribution in [0.5, 0.6) is 0 Å². The number of urea groups is 1. The number of β-amino-alcohol motifs (C(OH)–C–C–N with tert-alkyl or cyclic N) is 2. The molecule has 31 heavy (non-hydrogen) atoms. The molecule has 0 aromatic rings. The average Bonchev–Trinajstić information content (AvgIpc) is 2.89. The normalized spacial score (nSPS) is 15.8. The Balaban J connectivity index is 0.000000581. The number of ether oxygens (including phenoxy) is 2. The van der Waals surface area contributed by atoms with E-state index in [1.807, 2.05) is 13.8 Å². The van der Waals surface area contributed by atoms with Gasteiger partial charge in [-0.1, -0.05) is 33.4 Å². The van der Waals surface area contributed by atoms with Gasteiger partial charge < -0.3 is 24.6 Å². The zero-order chi connectivity index (χ0) is 24.2. The van der Waals surface area contributed by atoms with E-state index in [0.29, 0.717) is 12.3 Å². The molecule has 1 aliphatic rings. The molecule has 1 unspecified atom stereocenters. The summed E-state index contributed by atoms with van der Waals surface area (Å²) in [5.74, 6) is -1.26. The molecular weight excluding hydrogens is 408 g/mol. The van der Waals surface area contributed by atoms with Crippen molar-refractivity contribution in [3.8, 4) is 0 Å². The van der Waals surface area contributed by atoms with E-state index in [9.17, 15) is 19.2 Å². The minimum Gasteiger partial charge on any atom is -0.422 e. The molecule has 1 saturated heterocycles. The summed E-state index contributed by atoms with van der Waals surface area (Å²) in [6, 6.07) is -0.451. The summed E-state index contributed by atoms with van der Waals surface area (Å²) in [6.07, 6.45) is 2.58. The van der Waals surface area contributed by atoms with Crippen LogP contribution in [0.2, 0.25) is 0 Å². The van der Waals surface area contributed by atoms with Gasteiger partial charge in [-0.05, 0) is 19.8 Å². The van der Waals surface area contributed by atoms with Crippen molar-refractivity contribution in [1.82, 2.24) is 9.80 Å². The van der Waals surface area contributed by atoms with Crippen LogP contribution in [0.25, 0.3) is 0 Å². The fourth-order valence-electron chi connectivity index (χ4n) is 2.66. The molecule has 1 rings (SSSR count). The highest BCUT2D eigenvalue weighted by Crippen LogP contribution is 2.26. The van der Waals surface area contributed by atoms with Crippen LogP contribution in [0.3, 0.4) is 0 Å². The van der Waals surface area contributed by atoms with Crippen LogP contribution in [0.15, 0.2) is 25.3 Å². The summed E-state index contributed by atoms with van der Waals surface area (Å²) in [5.41, 5.74) is -0.936. The van der Waals surface area contributed by atoms with Gasteiger partial charge >= 0.3 is 18.0 Å². The highest BCUT2D eigenvalue weighted by Gasteiger charge is 2.50. The van der Waals surface area contributed by atoms with Crippen LogP contribution < -0.4 is 0 Å². The highest BCUT2D eigenvalue weighted by atomic mass is 16.7. The molecule has 10 nitrogen and oxygen atoms in total. The molecule has 10 heteroatoms. The van der Waals surface area contributed by atoms with Gasteiger partial charge in [0.2, 0.25) is 6.29 Å². The number of aliphatic hydroxyl groups is 2. The molecule has 0 saturated carbocycles. The Kier molecular flexibility index (Phi) is 12.4. The van der Waals surface area contributed by atoms with E-state index in [1.54, 1.807) is 13.8 Å². The molecule has 176 valence electrons. The van der Waals surface area contributed by atoms with Gasteiger partial charge in [0.1, 0.15) is 5.54 Å². The number of amides is 3. The van der Waals surface area contributed by atoms with Crippen molar-refractivity contribution < 1.29 is 38.9 Å². The Morgan fingerprint density at radius 2 is 1.55 bits per heavy atom. The average molecular weight is 443 g/mol. The molecule has 1 heterocycles. The summed E-state index contributed by atoms with van der Waals surface area (Å²) in [7, 11) is 0. The Labute approximate surface area is 183 Å². The van der Waals surface area contributed by atoms with E-state index < -0.39 is 29.8 Å². The SMILES string of the molecule is C=CC(=O)OC(CC(C)CC)OC(=O)C=C.CC1(C)C(=O)N(CCO)C(=O)N1CCO. The van der Waals surface area contributed by atoms with E-state index in [1.165, 1.54) is 4.90 Å². The second-order valence-corrected chi connectivity index (χ2v) is 7.36. The number of esters is 2. The molecule has 2 N–H and O–H groups in total. The van der Waals surface area contributed by atoms with Crippen molar-refractivity contribution in [2.75, 3.05) is 26.3 Å². The number of imide groups is 1. The van der Waals surface area contributed by atoms with Crippen molar-refractivity contribution in [3.63, 3.8) is 0 Å². The van der Waals surface area contributed by atoms with Gasteiger partial charge in [-0.15, -0.1) is 0 Å². The fourth-order valence-corrected chi connectivity index (χ4v) is 2.66. The molecule has 0 spiro atoms. The van der Waals surface area contributed by atoms with Crippen LogP contribution in [0, 0.1) is 5.92 Å². The third-order valence-corrected chi connectivity index (χ3v) is 4.67. The molecule has 3 amide bonds. The summed E-state index contributed by atoms with van der Waals surface area (Å²) < 4.78 is 9.79. The van der Waals surface area contributed by atoms with Gasteiger partial charge in [-0.25, -0.2) is 14.4 Å². The largest absolute Gasteiger partial charge is 0.422 e. The Morgan fingerprint density at radius 3 is 1.94 bits per heavy atom. The first kappa shape index (κ1) is 28.3. The first-order valence-corrected chi connectivity index (χ1v) is 10.0. The summed E-state index contributed by atoms with van der Waals surface area (Å²) in [4.78, 5) is 47.8. The molecule has 0 aliphatic carbocycles. The third-order valence-electron chi connectivity index (χ3n) is 4.67. The van der Waals surface area contributed by atoms with Crippen molar-refractivity contribution in [2.45, 2.75) is 52.4 Å². The van der Waals surface area contributed by atoms with Crippen LogP contribution >= 0.6 is 0 Å². The quantitative estimate of drug-likeness (QED) is 0.211. The second-order valence-electron chi connectivity index (χ2n) is 7.36. The van der Waals surface area contributed by atoms with E-state index in [0.717, 1.165) is 23.5 Å². The highest BCUT2D eigenvalue weighted by molar-refractivity contribution is 6.06. The standard InChI is InChI=1S/C12H18O4.C9H16N2O4/c1-5-9(4)8-12(15-10(13)6-2)16-11(14)7-3;1-9(2)7(14)10(3-5-12)8(15)11(9)4-6-13/h6-7,9,12H,2-3,5,8H2,1,4H3;12-13H,3-6H2,1-2H3. The van der Waals surface area contributed by atoms with Crippen LogP contribution in [0.1, 0.15) is 40.5 Å². The Hall–Kier alpha value is -2.72. The lowest BCUT2D eigenvalue weighted by Crippen LogP contribution is -2.45. The minimum absolute atomic E-state index is 0.00300. The predicted octanol–water partition coefficient (Wildman–Crippen LogP) is 1.22. The lowest BCUT2D eigenvalue weighted by Gasteiger charge is -2.26. The molecular formula is C21H34N2O8. The van der Waals surface area contributed by atoms with Crippen LogP contribution in [0.4, 0.5) is 4.79 Å². The monoisotopic (exact) mass is 442 g/mol. The number of rotatable bonds is 11. The Morgan fingerprint density at radius 1 is 1.06 bits per heavy atom. The molecule has 0 aromatic heterocycles. The van der Waals surface area contributed by atoms with Crippen molar-refractivity contribution >= 4 is 23.9 Å². The smallest absolute Gasteiger partial charge is 0.333 e. The van der Waals surface area contributed by atoms with Crippen molar-refractivity contribution in [1.29, 1.82) is 0 Å². The van der Waals surface area contributed by atoms with Crippen LogP contribution in [-0.4, -0.2) is 82.0 Å². The summed E-state index contributed by atoms with van der Waals surface area (Å²) >= 11 is 0. The minimum atomic E-state index is -0.936. The maximum Gasteiger partial charge on any atom is 0.333 e. The second kappa shape index (κ2) is 13.6. The van der Waals surface area contributed by atoms with E-state index in [4.69, 9.17) is 19.7 Å². The summed E-state index contributed by atoms with van der Waals surface area (Å²) in [5, 5.41) is 17.5. The summed E-state index contributed by atoms with van der Waals surface area (Å²) in [6.45, 7) is 13.5. The number of hydrogen-bond donors (Lipinski definition) is 2. The number of nitrogens with zero attached hydrogens (tertiary/aromatic N) is 2. The topological polar surface area (TPSA) is 134 Å². The van der Waals surface area contributed by atoms with E-state index in [2.05, 4.69) is 13.2 Å². The van der Waals surface area contributed by atoms with Gasteiger partial charge in [-0.3, -0.25) is 9.69 Å². The zero-order valence-electron chi connectivity index (χ0n) is 18.7.